The highest BCUT2D eigenvalue weighted by atomic mass is 28.4. The van der Waals surface area contributed by atoms with E-state index in [1.54, 1.807) is 0 Å². The summed E-state index contributed by atoms with van der Waals surface area (Å²) in [6, 6.07) is 0. The van der Waals surface area contributed by atoms with Gasteiger partial charge in [0.2, 0.25) is 0 Å². The highest BCUT2D eigenvalue weighted by molar-refractivity contribution is 6.74. The van der Waals surface area contributed by atoms with Crippen molar-refractivity contribution in [2.75, 3.05) is 6.61 Å². The third kappa shape index (κ3) is 3.16. The van der Waals surface area contributed by atoms with Crippen molar-refractivity contribution < 1.29 is 9.53 Å². The van der Waals surface area contributed by atoms with E-state index in [0.717, 1.165) is 6.42 Å². The van der Waals surface area contributed by atoms with E-state index in [2.05, 4.69) is 33.9 Å². The van der Waals surface area contributed by atoms with Crippen molar-refractivity contribution in [3.63, 3.8) is 0 Å². The van der Waals surface area contributed by atoms with Gasteiger partial charge in [0.25, 0.3) is 0 Å². The maximum absolute atomic E-state index is 9.64. The van der Waals surface area contributed by atoms with Crippen molar-refractivity contribution in [3.05, 3.63) is 12.2 Å². The van der Waals surface area contributed by atoms with Gasteiger partial charge in [-0.2, -0.15) is 0 Å². The topological polar surface area (TPSA) is 29.5 Å². The lowest BCUT2D eigenvalue weighted by Gasteiger charge is -2.37. The maximum Gasteiger partial charge on any atom is 0.191 e. The van der Waals surface area contributed by atoms with Gasteiger partial charge in [0.05, 0.1) is 6.10 Å². The van der Waals surface area contributed by atoms with E-state index in [4.69, 9.17) is 4.43 Å². The van der Waals surface area contributed by atoms with Crippen LogP contribution >= 0.6 is 0 Å². The summed E-state index contributed by atoms with van der Waals surface area (Å²) in [6.07, 6.45) is 4.58. The summed E-state index contributed by atoms with van der Waals surface area (Å²) >= 11 is 0. The zero-order chi connectivity index (χ0) is 11.7. The minimum Gasteiger partial charge on any atom is -0.416 e. The molecule has 0 aromatic rings. The van der Waals surface area contributed by atoms with Crippen LogP contribution in [0, 0.1) is 5.92 Å². The first-order chi connectivity index (χ1) is 6.74. The molecule has 0 amide bonds. The molecule has 0 saturated carbocycles. The summed E-state index contributed by atoms with van der Waals surface area (Å²) in [5.74, 6) is 0.277. The van der Waals surface area contributed by atoms with Crippen molar-refractivity contribution in [2.45, 2.75) is 51.4 Å². The van der Waals surface area contributed by atoms with Crippen molar-refractivity contribution in [1.29, 1.82) is 0 Å². The van der Waals surface area contributed by atoms with E-state index in [0.29, 0.717) is 6.61 Å². The second-order valence-corrected chi connectivity index (χ2v) is 10.8. The molecule has 3 heteroatoms. The molecule has 0 aromatic heterocycles. The van der Waals surface area contributed by atoms with Gasteiger partial charge in [-0.15, -0.1) is 0 Å². The van der Waals surface area contributed by atoms with Gasteiger partial charge in [0, 0.05) is 12.5 Å². The first kappa shape index (κ1) is 12.9. The Kier molecular flexibility index (Phi) is 3.79. The Bertz CT molecular complexity index is 240. The van der Waals surface area contributed by atoms with Crippen molar-refractivity contribution >= 4 is 8.32 Å². The molecule has 0 unspecified atom stereocenters. The lowest BCUT2D eigenvalue weighted by Crippen LogP contribution is -2.42. The van der Waals surface area contributed by atoms with Gasteiger partial charge in [-0.1, -0.05) is 32.9 Å². The molecule has 0 fully saturated rings. The van der Waals surface area contributed by atoms with E-state index in [1.807, 2.05) is 12.2 Å². The summed E-state index contributed by atoms with van der Waals surface area (Å²) in [7, 11) is -1.64. The average Bonchev–Trinajstić information content (AvgIpc) is 2.46. The Labute approximate surface area is 94.5 Å². The van der Waals surface area contributed by atoms with Gasteiger partial charge in [0.15, 0.2) is 8.32 Å². The monoisotopic (exact) mass is 228 g/mol. The quantitative estimate of drug-likeness (QED) is 0.594. The first-order valence-corrected chi connectivity index (χ1v) is 8.63. The molecule has 1 N–H and O–H groups in total. The fraction of sp³-hybridized carbons (Fsp3) is 0.833. The molecule has 0 saturated heterocycles. The van der Waals surface area contributed by atoms with Gasteiger partial charge < -0.3 is 9.53 Å². The Morgan fingerprint density at radius 2 is 2.00 bits per heavy atom. The summed E-state index contributed by atoms with van der Waals surface area (Å²) < 4.78 is 6.09. The van der Waals surface area contributed by atoms with Crippen LogP contribution < -0.4 is 0 Å². The van der Waals surface area contributed by atoms with Crippen LogP contribution in [0.4, 0.5) is 0 Å². The molecule has 1 rings (SSSR count). The molecular formula is C12H24O2Si. The second-order valence-electron chi connectivity index (χ2n) is 5.99. The molecule has 0 spiro atoms. The van der Waals surface area contributed by atoms with Gasteiger partial charge in [-0.25, -0.2) is 0 Å². The summed E-state index contributed by atoms with van der Waals surface area (Å²) in [5, 5.41) is 9.89. The minimum absolute atomic E-state index is 0.254. The second kappa shape index (κ2) is 4.40. The van der Waals surface area contributed by atoms with E-state index in [-0.39, 0.29) is 17.1 Å². The van der Waals surface area contributed by atoms with Crippen molar-refractivity contribution in [1.82, 2.24) is 0 Å². The molecule has 0 aliphatic heterocycles. The largest absolute Gasteiger partial charge is 0.416 e. The zero-order valence-corrected chi connectivity index (χ0v) is 11.6. The van der Waals surface area contributed by atoms with Gasteiger partial charge in [-0.3, -0.25) is 0 Å². The number of aliphatic hydroxyl groups is 1. The van der Waals surface area contributed by atoms with Crippen molar-refractivity contribution in [2.24, 2.45) is 5.92 Å². The SMILES string of the molecule is CC(C)(C)[Si](C)(C)OC[C@H]1CC=C[C@H]1O. The number of rotatable bonds is 3. The smallest absolute Gasteiger partial charge is 0.191 e. The summed E-state index contributed by atoms with van der Waals surface area (Å²) in [5.41, 5.74) is 0. The van der Waals surface area contributed by atoms with Gasteiger partial charge in [-0.05, 0) is 24.6 Å². The molecule has 1 aliphatic carbocycles. The van der Waals surface area contributed by atoms with E-state index >= 15 is 0 Å². The lowest BCUT2D eigenvalue weighted by atomic mass is 10.1. The number of hydrogen-bond acceptors (Lipinski definition) is 2. The summed E-state index contributed by atoms with van der Waals surface area (Å²) in [6.45, 7) is 11.9. The van der Waals surface area contributed by atoms with Crippen LogP contribution in [0.25, 0.3) is 0 Å². The van der Waals surface area contributed by atoms with Crippen LogP contribution in [-0.4, -0.2) is 26.1 Å². The fourth-order valence-corrected chi connectivity index (χ4v) is 2.45. The van der Waals surface area contributed by atoms with E-state index < -0.39 is 8.32 Å². The third-order valence-corrected chi connectivity index (χ3v) is 8.22. The van der Waals surface area contributed by atoms with Crippen LogP contribution in [0.1, 0.15) is 27.2 Å². The number of allylic oxidation sites excluding steroid dienone is 1. The fourth-order valence-electron chi connectivity index (χ4n) is 1.39. The van der Waals surface area contributed by atoms with Crippen molar-refractivity contribution in [3.8, 4) is 0 Å². The van der Waals surface area contributed by atoms with Gasteiger partial charge >= 0.3 is 0 Å². The molecule has 88 valence electrons. The predicted octanol–water partition coefficient (Wildman–Crippen LogP) is 2.95. The first-order valence-electron chi connectivity index (χ1n) is 5.73. The Morgan fingerprint density at radius 1 is 1.40 bits per heavy atom. The predicted molar refractivity (Wildman–Crippen MR) is 66.4 cm³/mol. The Morgan fingerprint density at radius 3 is 2.40 bits per heavy atom. The molecule has 0 bridgehead atoms. The van der Waals surface area contributed by atoms with Gasteiger partial charge in [0.1, 0.15) is 0 Å². The molecular weight excluding hydrogens is 204 g/mol. The normalized spacial score (nSPS) is 27.3. The highest BCUT2D eigenvalue weighted by Crippen LogP contribution is 2.37. The molecule has 2 nitrogen and oxygen atoms in total. The maximum atomic E-state index is 9.64. The highest BCUT2D eigenvalue weighted by Gasteiger charge is 2.38. The lowest BCUT2D eigenvalue weighted by molar-refractivity contribution is 0.115. The molecule has 0 radical (unpaired) electrons. The Balaban J connectivity index is 2.43. The Hall–Kier alpha value is -0.123. The molecule has 15 heavy (non-hydrogen) atoms. The number of hydrogen-bond donors (Lipinski definition) is 1. The van der Waals surface area contributed by atoms with E-state index in [9.17, 15) is 5.11 Å². The minimum atomic E-state index is -1.64. The van der Waals surface area contributed by atoms with Crippen LogP contribution in [0.2, 0.25) is 18.1 Å². The van der Waals surface area contributed by atoms with Crippen LogP contribution in [0.15, 0.2) is 12.2 Å². The summed E-state index contributed by atoms with van der Waals surface area (Å²) in [4.78, 5) is 0. The zero-order valence-electron chi connectivity index (χ0n) is 10.6. The average molecular weight is 228 g/mol. The van der Waals surface area contributed by atoms with Crippen LogP contribution in [-0.2, 0) is 4.43 Å². The third-order valence-electron chi connectivity index (χ3n) is 3.72. The van der Waals surface area contributed by atoms with Crippen LogP contribution in [0.5, 0.6) is 0 Å². The molecule has 2 atom stereocenters. The number of aliphatic hydroxyl groups excluding tert-OH is 1. The molecule has 0 aromatic carbocycles. The molecule has 0 heterocycles. The molecule has 1 aliphatic rings. The standard InChI is InChI=1S/C12H24O2Si/c1-12(2,3)15(4,5)14-9-10-7-6-8-11(10)13/h6,8,10-11,13H,7,9H2,1-5H3/t10-,11-/m1/s1. The van der Waals surface area contributed by atoms with E-state index in [1.165, 1.54) is 0 Å². The van der Waals surface area contributed by atoms with Crippen LogP contribution in [0.3, 0.4) is 0 Å².